The third-order valence-corrected chi connectivity index (χ3v) is 1.80. The van der Waals surface area contributed by atoms with Gasteiger partial charge in [-0.15, -0.1) is 5.11 Å². The molecule has 0 aromatic carbocycles. The number of nitrogens with zero attached hydrogens (tertiary/aromatic N) is 3. The summed E-state index contributed by atoms with van der Waals surface area (Å²) in [7, 11) is 0. The van der Waals surface area contributed by atoms with Crippen LogP contribution >= 0.6 is 0 Å². The van der Waals surface area contributed by atoms with Crippen LogP contribution in [0, 0.1) is 5.92 Å². The lowest BCUT2D eigenvalue weighted by atomic mass is 10.1. The second-order valence-corrected chi connectivity index (χ2v) is 3.16. The molecule has 0 aliphatic carbocycles. The monoisotopic (exact) mass is 165 g/mol. The molecule has 0 spiro atoms. The van der Waals surface area contributed by atoms with Crippen LogP contribution in [0.15, 0.2) is 27.5 Å². The Bertz CT molecular complexity index is 257. The molecule has 0 amide bonds. The highest BCUT2D eigenvalue weighted by Gasteiger charge is 2.09. The van der Waals surface area contributed by atoms with Gasteiger partial charge in [0.2, 0.25) is 0 Å². The van der Waals surface area contributed by atoms with Crippen molar-refractivity contribution in [2.24, 2.45) is 16.3 Å². The molecule has 0 aromatic rings. The predicted octanol–water partition coefficient (Wildman–Crippen LogP) is 2.73. The van der Waals surface area contributed by atoms with Crippen molar-refractivity contribution in [1.82, 2.24) is 5.01 Å². The second kappa shape index (κ2) is 3.55. The van der Waals surface area contributed by atoms with Gasteiger partial charge in [-0.05, 0) is 13.8 Å². The Kier molecular flexibility index (Phi) is 2.66. The van der Waals surface area contributed by atoms with Gasteiger partial charge in [-0.25, -0.2) is 5.01 Å². The minimum atomic E-state index is 0.405. The fraction of sp³-hybridized carbons (Fsp3) is 0.667. The van der Waals surface area contributed by atoms with Gasteiger partial charge < -0.3 is 0 Å². The molecule has 1 aliphatic rings. The number of hydrogen-bond donors (Lipinski definition) is 0. The molecule has 3 heteroatoms. The van der Waals surface area contributed by atoms with Gasteiger partial charge in [0.1, 0.15) is 5.70 Å². The third kappa shape index (κ3) is 1.74. The van der Waals surface area contributed by atoms with Crippen LogP contribution in [0.3, 0.4) is 0 Å². The smallest absolute Gasteiger partial charge is 0.111 e. The van der Waals surface area contributed by atoms with Gasteiger partial charge in [0, 0.05) is 12.5 Å². The summed E-state index contributed by atoms with van der Waals surface area (Å²) in [6.07, 6.45) is 0. The van der Waals surface area contributed by atoms with E-state index in [0.717, 1.165) is 17.9 Å². The summed E-state index contributed by atoms with van der Waals surface area (Å²) >= 11 is 0. The summed E-state index contributed by atoms with van der Waals surface area (Å²) < 4.78 is 0. The van der Waals surface area contributed by atoms with Gasteiger partial charge in [0.15, 0.2) is 0 Å². The average Bonchev–Trinajstić information content (AvgIpc) is 2.04. The first-order chi connectivity index (χ1) is 5.65. The molecular weight excluding hydrogens is 150 g/mol. The van der Waals surface area contributed by atoms with E-state index in [4.69, 9.17) is 0 Å². The maximum atomic E-state index is 4.07. The van der Waals surface area contributed by atoms with Crippen LogP contribution in [0.25, 0.3) is 0 Å². The Hall–Kier alpha value is -1.08. The van der Waals surface area contributed by atoms with Crippen LogP contribution in [0.4, 0.5) is 0 Å². The molecular formula is C9H15N3. The zero-order valence-corrected chi connectivity index (χ0v) is 8.13. The molecule has 1 aliphatic heterocycles. The quantitative estimate of drug-likeness (QED) is 0.578. The van der Waals surface area contributed by atoms with Crippen molar-refractivity contribution in [3.8, 4) is 0 Å². The van der Waals surface area contributed by atoms with E-state index in [1.54, 1.807) is 0 Å². The highest BCUT2D eigenvalue weighted by Crippen LogP contribution is 2.17. The minimum Gasteiger partial charge on any atom is -0.244 e. The van der Waals surface area contributed by atoms with Gasteiger partial charge in [-0.2, -0.15) is 0 Å². The molecule has 0 unspecified atom stereocenters. The van der Waals surface area contributed by atoms with E-state index in [0.29, 0.717) is 5.92 Å². The molecule has 0 bridgehead atoms. The third-order valence-electron chi connectivity index (χ3n) is 1.80. The van der Waals surface area contributed by atoms with E-state index in [2.05, 4.69) is 29.9 Å². The topological polar surface area (TPSA) is 28.0 Å². The second-order valence-electron chi connectivity index (χ2n) is 3.16. The molecule has 0 aromatic heterocycles. The van der Waals surface area contributed by atoms with Gasteiger partial charge in [-0.1, -0.05) is 24.8 Å². The van der Waals surface area contributed by atoms with E-state index >= 15 is 0 Å². The molecule has 0 saturated carbocycles. The Morgan fingerprint density at radius 1 is 1.50 bits per heavy atom. The molecule has 66 valence electrons. The summed E-state index contributed by atoms with van der Waals surface area (Å²) in [5, 5.41) is 9.96. The van der Waals surface area contributed by atoms with Crippen LogP contribution in [0.2, 0.25) is 0 Å². The lowest BCUT2D eigenvalue weighted by molar-refractivity contribution is 0.349. The summed E-state index contributed by atoms with van der Waals surface area (Å²) in [4.78, 5) is 0. The largest absolute Gasteiger partial charge is 0.244 e. The highest BCUT2D eigenvalue weighted by atomic mass is 15.5. The zero-order chi connectivity index (χ0) is 9.14. The molecule has 0 atom stereocenters. The van der Waals surface area contributed by atoms with Crippen molar-refractivity contribution < 1.29 is 0 Å². The van der Waals surface area contributed by atoms with Crippen molar-refractivity contribution in [3.63, 3.8) is 0 Å². The zero-order valence-electron chi connectivity index (χ0n) is 8.13. The van der Waals surface area contributed by atoms with E-state index in [1.807, 2.05) is 18.9 Å². The van der Waals surface area contributed by atoms with Gasteiger partial charge in [0.05, 0.1) is 5.70 Å². The van der Waals surface area contributed by atoms with Crippen molar-refractivity contribution >= 4 is 0 Å². The summed E-state index contributed by atoms with van der Waals surface area (Å²) in [5.74, 6) is 0.405. The average molecular weight is 165 g/mol. The summed E-state index contributed by atoms with van der Waals surface area (Å²) in [6, 6.07) is 0. The van der Waals surface area contributed by atoms with Crippen molar-refractivity contribution in [3.05, 3.63) is 17.1 Å². The van der Waals surface area contributed by atoms with Gasteiger partial charge >= 0.3 is 0 Å². The normalized spacial score (nSPS) is 16.6. The maximum Gasteiger partial charge on any atom is 0.111 e. The fourth-order valence-corrected chi connectivity index (χ4v) is 1.00. The summed E-state index contributed by atoms with van der Waals surface area (Å²) in [6.45, 7) is 9.09. The molecule has 1 heterocycles. The lowest BCUT2D eigenvalue weighted by Crippen LogP contribution is -2.15. The van der Waals surface area contributed by atoms with E-state index < -0.39 is 0 Å². The van der Waals surface area contributed by atoms with Crippen LogP contribution in [-0.4, -0.2) is 11.6 Å². The Morgan fingerprint density at radius 3 is 2.58 bits per heavy atom. The fourth-order valence-electron chi connectivity index (χ4n) is 1.00. The van der Waals surface area contributed by atoms with Crippen molar-refractivity contribution in [2.45, 2.75) is 27.7 Å². The van der Waals surface area contributed by atoms with Crippen LogP contribution < -0.4 is 0 Å². The predicted molar refractivity (Wildman–Crippen MR) is 48.3 cm³/mol. The van der Waals surface area contributed by atoms with Crippen LogP contribution in [0.5, 0.6) is 0 Å². The van der Waals surface area contributed by atoms with Crippen molar-refractivity contribution in [1.29, 1.82) is 0 Å². The lowest BCUT2D eigenvalue weighted by Gasteiger charge is -2.17. The van der Waals surface area contributed by atoms with E-state index in [1.165, 1.54) is 0 Å². The molecule has 0 radical (unpaired) electrons. The van der Waals surface area contributed by atoms with Crippen molar-refractivity contribution in [2.75, 3.05) is 6.54 Å². The molecule has 3 nitrogen and oxygen atoms in total. The number of hydrogen-bond acceptors (Lipinski definition) is 3. The highest BCUT2D eigenvalue weighted by molar-refractivity contribution is 5.09. The molecule has 0 saturated heterocycles. The Labute approximate surface area is 73.5 Å². The minimum absolute atomic E-state index is 0.405. The van der Waals surface area contributed by atoms with Gasteiger partial charge in [0.25, 0.3) is 0 Å². The maximum absolute atomic E-state index is 4.07. The van der Waals surface area contributed by atoms with Crippen LogP contribution in [-0.2, 0) is 0 Å². The van der Waals surface area contributed by atoms with E-state index in [9.17, 15) is 0 Å². The first-order valence-electron chi connectivity index (χ1n) is 4.31. The molecule has 1 rings (SSSR count). The Morgan fingerprint density at radius 2 is 2.17 bits per heavy atom. The SMILES string of the molecule is CCN1N=NC(C(C)C)=C=C1C. The standard InChI is InChI=1S/C9H15N3/c1-5-12-8(4)6-9(7(2)3)10-11-12/h7H,5H2,1-4H3. The molecule has 12 heavy (non-hydrogen) atoms. The molecule has 0 fully saturated rings. The van der Waals surface area contributed by atoms with Crippen LogP contribution in [0.1, 0.15) is 27.7 Å². The van der Waals surface area contributed by atoms with Gasteiger partial charge in [-0.3, -0.25) is 0 Å². The first kappa shape index (κ1) is 9.01. The first-order valence-corrected chi connectivity index (χ1v) is 4.31. The number of rotatable bonds is 2. The molecule has 0 N–H and O–H groups in total. The number of allylic oxidation sites excluding steroid dienone is 1. The van der Waals surface area contributed by atoms with E-state index in [-0.39, 0.29) is 0 Å². The summed E-state index contributed by atoms with van der Waals surface area (Å²) in [5.41, 5.74) is 5.21. The Balaban J connectivity index is 2.94.